The van der Waals surface area contributed by atoms with Gasteiger partial charge < -0.3 is 16.4 Å². The van der Waals surface area contributed by atoms with E-state index in [9.17, 15) is 26.8 Å². The van der Waals surface area contributed by atoms with Gasteiger partial charge in [0.15, 0.2) is 0 Å². The minimum Gasteiger partial charge on any atom is -0.383 e. The van der Waals surface area contributed by atoms with Gasteiger partial charge in [-0.2, -0.15) is 8.78 Å². The van der Waals surface area contributed by atoms with E-state index in [2.05, 4.69) is 26.0 Å². The Morgan fingerprint density at radius 1 is 1.10 bits per heavy atom. The number of sulfonamides is 1. The third-order valence-electron chi connectivity index (χ3n) is 3.82. The minimum absolute atomic E-state index is 0.0136. The molecule has 0 bridgehead atoms. The van der Waals surface area contributed by atoms with Gasteiger partial charge in [0.2, 0.25) is 5.91 Å². The maximum Gasteiger partial charge on any atom is 0.315 e. The first-order valence-corrected chi connectivity index (χ1v) is 10.9. The Bertz CT molecular complexity index is 1060. The Morgan fingerprint density at radius 3 is 2.33 bits per heavy atom. The van der Waals surface area contributed by atoms with E-state index in [4.69, 9.17) is 5.73 Å². The SMILES string of the molecule is CCCNc1ccc(C(N)=O)cc1NS(=O)(=O)c1ccc(NC(=O)C(F)F)c(Br)c1. The van der Waals surface area contributed by atoms with Crippen LogP contribution in [0.2, 0.25) is 0 Å². The molecule has 0 aliphatic rings. The second-order valence-corrected chi connectivity index (χ2v) is 8.63. The Balaban J connectivity index is 2.36. The van der Waals surface area contributed by atoms with Crippen LogP contribution in [0.3, 0.4) is 0 Å². The fourth-order valence-electron chi connectivity index (χ4n) is 2.35. The molecule has 0 heterocycles. The first-order chi connectivity index (χ1) is 14.0. The average molecular weight is 505 g/mol. The van der Waals surface area contributed by atoms with Crippen molar-refractivity contribution in [3.63, 3.8) is 0 Å². The molecule has 0 radical (unpaired) electrons. The van der Waals surface area contributed by atoms with Crippen LogP contribution in [0.5, 0.6) is 0 Å². The molecule has 0 atom stereocenters. The van der Waals surface area contributed by atoms with Gasteiger partial charge in [0.1, 0.15) is 0 Å². The van der Waals surface area contributed by atoms with Gasteiger partial charge in [0.25, 0.3) is 15.9 Å². The van der Waals surface area contributed by atoms with Crippen molar-refractivity contribution in [1.29, 1.82) is 0 Å². The predicted molar refractivity (Wildman–Crippen MR) is 113 cm³/mol. The number of hydrogen-bond acceptors (Lipinski definition) is 5. The Labute approximate surface area is 180 Å². The molecule has 0 spiro atoms. The molecule has 0 saturated heterocycles. The number of nitrogens with two attached hydrogens (primary N) is 1. The lowest BCUT2D eigenvalue weighted by Crippen LogP contribution is -2.20. The Kier molecular flexibility index (Phi) is 7.73. The van der Waals surface area contributed by atoms with Gasteiger partial charge in [-0.3, -0.25) is 14.3 Å². The highest BCUT2D eigenvalue weighted by Crippen LogP contribution is 2.30. The topological polar surface area (TPSA) is 130 Å². The molecule has 5 N–H and O–H groups in total. The monoisotopic (exact) mass is 504 g/mol. The summed E-state index contributed by atoms with van der Waals surface area (Å²) >= 11 is 3.06. The van der Waals surface area contributed by atoms with Gasteiger partial charge in [0.05, 0.1) is 22.0 Å². The predicted octanol–water partition coefficient (Wildman–Crippen LogP) is 3.37. The number of carbonyl (C=O) groups is 2. The molecule has 30 heavy (non-hydrogen) atoms. The summed E-state index contributed by atoms with van der Waals surface area (Å²) in [5.74, 6) is -2.24. The third-order valence-corrected chi connectivity index (χ3v) is 5.84. The van der Waals surface area contributed by atoms with E-state index >= 15 is 0 Å². The summed E-state index contributed by atoms with van der Waals surface area (Å²) in [5, 5.41) is 5.03. The molecule has 2 rings (SSSR count). The molecular formula is C18H19BrF2N4O4S. The van der Waals surface area contributed by atoms with Crippen LogP contribution >= 0.6 is 15.9 Å². The molecule has 0 fully saturated rings. The highest BCUT2D eigenvalue weighted by atomic mass is 79.9. The van der Waals surface area contributed by atoms with Crippen molar-refractivity contribution in [3.05, 3.63) is 46.4 Å². The lowest BCUT2D eigenvalue weighted by atomic mass is 10.1. The zero-order valence-corrected chi connectivity index (χ0v) is 18.1. The zero-order valence-electron chi connectivity index (χ0n) is 15.7. The second-order valence-electron chi connectivity index (χ2n) is 6.09. The van der Waals surface area contributed by atoms with Crippen molar-refractivity contribution >= 4 is 54.8 Å². The summed E-state index contributed by atoms with van der Waals surface area (Å²) in [5.41, 5.74) is 5.94. The van der Waals surface area contributed by atoms with Crippen LogP contribution in [0, 0.1) is 0 Å². The molecule has 12 heteroatoms. The van der Waals surface area contributed by atoms with Crippen LogP contribution in [0.15, 0.2) is 45.8 Å². The van der Waals surface area contributed by atoms with Gasteiger partial charge >= 0.3 is 6.43 Å². The van der Waals surface area contributed by atoms with Gasteiger partial charge in [-0.1, -0.05) is 6.92 Å². The average Bonchev–Trinajstić information content (AvgIpc) is 2.67. The van der Waals surface area contributed by atoms with E-state index < -0.39 is 28.3 Å². The highest BCUT2D eigenvalue weighted by Gasteiger charge is 2.21. The number of benzene rings is 2. The van der Waals surface area contributed by atoms with Crippen molar-refractivity contribution in [3.8, 4) is 0 Å². The smallest absolute Gasteiger partial charge is 0.315 e. The molecule has 0 saturated carbocycles. The summed E-state index contributed by atoms with van der Waals surface area (Å²) in [7, 11) is -4.12. The largest absolute Gasteiger partial charge is 0.383 e. The maximum absolute atomic E-state index is 12.8. The van der Waals surface area contributed by atoms with E-state index in [-0.39, 0.29) is 26.3 Å². The fraction of sp³-hybridized carbons (Fsp3) is 0.222. The van der Waals surface area contributed by atoms with Crippen LogP contribution < -0.4 is 21.1 Å². The van der Waals surface area contributed by atoms with Crippen molar-refractivity contribution in [2.24, 2.45) is 5.73 Å². The van der Waals surface area contributed by atoms with Crippen LogP contribution in [-0.2, 0) is 14.8 Å². The minimum atomic E-state index is -4.12. The van der Waals surface area contributed by atoms with Gasteiger partial charge in [0, 0.05) is 16.6 Å². The molecule has 8 nitrogen and oxygen atoms in total. The number of primary amides is 1. The van der Waals surface area contributed by atoms with E-state index in [1.54, 1.807) is 0 Å². The van der Waals surface area contributed by atoms with Crippen molar-refractivity contribution in [1.82, 2.24) is 0 Å². The molecular weight excluding hydrogens is 486 g/mol. The zero-order chi connectivity index (χ0) is 22.5. The lowest BCUT2D eigenvalue weighted by Gasteiger charge is -2.16. The summed E-state index contributed by atoms with van der Waals surface area (Å²) in [4.78, 5) is 22.4. The summed E-state index contributed by atoms with van der Waals surface area (Å²) in [6.45, 7) is 2.50. The molecule has 2 aromatic rings. The van der Waals surface area contributed by atoms with E-state index in [0.717, 1.165) is 18.6 Å². The first-order valence-electron chi connectivity index (χ1n) is 8.64. The van der Waals surface area contributed by atoms with E-state index in [0.29, 0.717) is 12.2 Å². The van der Waals surface area contributed by atoms with Crippen LogP contribution in [0.1, 0.15) is 23.7 Å². The van der Waals surface area contributed by atoms with Crippen molar-refractivity contribution < 1.29 is 26.8 Å². The summed E-state index contributed by atoms with van der Waals surface area (Å²) < 4.78 is 52.9. The summed E-state index contributed by atoms with van der Waals surface area (Å²) in [6.07, 6.45) is -2.43. The fourth-order valence-corrected chi connectivity index (χ4v) is 4.08. The number of rotatable bonds is 9. The number of carbonyl (C=O) groups excluding carboxylic acids is 2. The summed E-state index contributed by atoms with van der Waals surface area (Å²) in [6, 6.07) is 7.78. The van der Waals surface area contributed by atoms with Gasteiger partial charge in [-0.05, 0) is 58.7 Å². The van der Waals surface area contributed by atoms with E-state index in [1.165, 1.54) is 24.3 Å². The van der Waals surface area contributed by atoms with Crippen molar-refractivity contribution in [2.45, 2.75) is 24.7 Å². The quantitative estimate of drug-likeness (QED) is 0.415. The standard InChI is InChI=1S/C18H19BrF2N4O4S/c1-2-7-23-14-5-3-10(17(22)26)8-15(14)25-30(28,29)11-4-6-13(12(19)9-11)24-18(27)16(20)21/h3-6,8-9,16,23,25H,2,7H2,1H3,(H2,22,26)(H,24,27). The maximum atomic E-state index is 12.8. The molecule has 0 unspecified atom stereocenters. The highest BCUT2D eigenvalue weighted by molar-refractivity contribution is 9.10. The van der Waals surface area contributed by atoms with Gasteiger partial charge in [-0.25, -0.2) is 8.42 Å². The molecule has 2 amide bonds. The lowest BCUT2D eigenvalue weighted by molar-refractivity contribution is -0.126. The molecule has 0 aromatic heterocycles. The van der Waals surface area contributed by atoms with Crippen molar-refractivity contribution in [2.75, 3.05) is 21.9 Å². The normalized spacial score (nSPS) is 11.2. The van der Waals surface area contributed by atoms with Crippen LogP contribution in [-0.4, -0.2) is 33.2 Å². The first kappa shape index (κ1) is 23.5. The molecule has 0 aliphatic carbocycles. The van der Waals surface area contributed by atoms with E-state index in [1.807, 2.05) is 12.2 Å². The van der Waals surface area contributed by atoms with Crippen LogP contribution in [0.4, 0.5) is 25.8 Å². The van der Waals surface area contributed by atoms with Gasteiger partial charge in [-0.15, -0.1) is 0 Å². The van der Waals surface area contributed by atoms with Crippen LogP contribution in [0.25, 0.3) is 0 Å². The number of anilines is 3. The Hall–Kier alpha value is -2.73. The number of amides is 2. The number of alkyl halides is 2. The number of nitrogens with one attached hydrogen (secondary N) is 3. The number of hydrogen-bond donors (Lipinski definition) is 4. The molecule has 2 aromatic carbocycles. The molecule has 162 valence electrons. The second kappa shape index (κ2) is 9.85. The Morgan fingerprint density at radius 2 is 1.77 bits per heavy atom. The molecule has 0 aliphatic heterocycles. The third kappa shape index (κ3) is 5.89. The number of halogens is 3.